The Labute approximate surface area is 124 Å². The molecule has 0 amide bonds. The number of halogens is 1. The molecule has 0 aliphatic rings. The predicted octanol–water partition coefficient (Wildman–Crippen LogP) is 4.47. The van der Waals surface area contributed by atoms with Crippen LogP contribution >= 0.6 is 11.3 Å². The Balaban J connectivity index is 2.16. The molecule has 20 heavy (non-hydrogen) atoms. The molecule has 0 spiro atoms. The van der Waals surface area contributed by atoms with E-state index in [-0.39, 0.29) is 17.3 Å². The molecule has 108 valence electrons. The fourth-order valence-corrected chi connectivity index (χ4v) is 3.00. The average molecular weight is 292 g/mol. The molecule has 1 unspecified atom stereocenters. The number of nitrogens with zero attached hydrogens (tertiary/aromatic N) is 1. The van der Waals surface area contributed by atoms with Gasteiger partial charge in [0.05, 0.1) is 11.2 Å². The van der Waals surface area contributed by atoms with Gasteiger partial charge in [-0.25, -0.2) is 9.37 Å². The van der Waals surface area contributed by atoms with Crippen molar-refractivity contribution in [3.8, 4) is 0 Å². The number of aryl methyl sites for hydroxylation is 1. The van der Waals surface area contributed by atoms with Gasteiger partial charge in [-0.2, -0.15) is 0 Å². The summed E-state index contributed by atoms with van der Waals surface area (Å²) in [6.45, 7) is 9.38. The maximum Gasteiger partial charge on any atom is 0.123 e. The molecule has 4 heteroatoms. The summed E-state index contributed by atoms with van der Waals surface area (Å²) >= 11 is 1.67. The molecule has 2 aromatic rings. The van der Waals surface area contributed by atoms with Crippen LogP contribution in [0.4, 0.5) is 4.39 Å². The number of hydrogen-bond acceptors (Lipinski definition) is 3. The van der Waals surface area contributed by atoms with Crippen LogP contribution in [0.25, 0.3) is 0 Å². The van der Waals surface area contributed by atoms with E-state index < -0.39 is 0 Å². The zero-order chi connectivity index (χ0) is 14.8. The third-order valence-corrected chi connectivity index (χ3v) is 4.32. The van der Waals surface area contributed by atoms with E-state index in [0.29, 0.717) is 0 Å². The molecule has 0 aliphatic carbocycles. The van der Waals surface area contributed by atoms with Gasteiger partial charge in [0.2, 0.25) is 0 Å². The summed E-state index contributed by atoms with van der Waals surface area (Å²) in [5, 5.41) is 3.59. The van der Waals surface area contributed by atoms with E-state index in [0.717, 1.165) is 17.8 Å². The van der Waals surface area contributed by atoms with Crippen LogP contribution in [0.1, 0.15) is 42.9 Å². The highest BCUT2D eigenvalue weighted by Gasteiger charge is 2.26. The van der Waals surface area contributed by atoms with Crippen molar-refractivity contribution in [1.29, 1.82) is 0 Å². The van der Waals surface area contributed by atoms with E-state index in [1.54, 1.807) is 11.3 Å². The van der Waals surface area contributed by atoms with Crippen molar-refractivity contribution in [2.75, 3.05) is 0 Å². The standard InChI is InChI=1S/C16H21FN2S/c1-11-14(20-10-19-11)9-18-15(16(2,3)4)12-5-7-13(17)8-6-12/h5-8,10,15,18H,9H2,1-4H3. The molecule has 0 radical (unpaired) electrons. The van der Waals surface area contributed by atoms with Crippen LogP contribution in [0.3, 0.4) is 0 Å². The van der Waals surface area contributed by atoms with Gasteiger partial charge in [-0.3, -0.25) is 0 Å². The largest absolute Gasteiger partial charge is 0.304 e. The van der Waals surface area contributed by atoms with Crippen LogP contribution in [0.5, 0.6) is 0 Å². The van der Waals surface area contributed by atoms with Crippen LogP contribution < -0.4 is 5.32 Å². The second-order valence-corrected chi connectivity index (χ2v) is 7.03. The van der Waals surface area contributed by atoms with Crippen molar-refractivity contribution in [3.05, 3.63) is 51.7 Å². The summed E-state index contributed by atoms with van der Waals surface area (Å²) in [6.07, 6.45) is 0. The minimum Gasteiger partial charge on any atom is -0.304 e. The molecular formula is C16H21FN2S. The van der Waals surface area contributed by atoms with Gasteiger partial charge in [0.25, 0.3) is 0 Å². The van der Waals surface area contributed by atoms with Crippen molar-refractivity contribution >= 4 is 11.3 Å². The fraction of sp³-hybridized carbons (Fsp3) is 0.438. The third kappa shape index (κ3) is 3.64. The van der Waals surface area contributed by atoms with Crippen LogP contribution in [-0.4, -0.2) is 4.98 Å². The molecule has 1 aromatic carbocycles. The molecule has 0 saturated carbocycles. The first kappa shape index (κ1) is 15.1. The second kappa shape index (κ2) is 6.02. The number of benzene rings is 1. The summed E-state index contributed by atoms with van der Waals surface area (Å²) in [7, 11) is 0. The average Bonchev–Trinajstić information content (AvgIpc) is 2.76. The fourth-order valence-electron chi connectivity index (χ4n) is 2.27. The lowest BCUT2D eigenvalue weighted by Crippen LogP contribution is -2.32. The van der Waals surface area contributed by atoms with E-state index in [4.69, 9.17) is 0 Å². The molecule has 1 N–H and O–H groups in total. The SMILES string of the molecule is Cc1ncsc1CNC(c1ccc(F)cc1)C(C)(C)C. The molecule has 1 atom stereocenters. The summed E-state index contributed by atoms with van der Waals surface area (Å²) in [4.78, 5) is 5.52. The summed E-state index contributed by atoms with van der Waals surface area (Å²) in [5.74, 6) is -0.195. The van der Waals surface area contributed by atoms with Crippen LogP contribution in [0, 0.1) is 18.2 Å². The zero-order valence-corrected chi connectivity index (χ0v) is 13.2. The van der Waals surface area contributed by atoms with Gasteiger partial charge >= 0.3 is 0 Å². The molecule has 2 nitrogen and oxygen atoms in total. The van der Waals surface area contributed by atoms with E-state index >= 15 is 0 Å². The maximum absolute atomic E-state index is 13.1. The van der Waals surface area contributed by atoms with E-state index in [2.05, 4.69) is 31.1 Å². The highest BCUT2D eigenvalue weighted by molar-refractivity contribution is 7.09. The number of aromatic nitrogens is 1. The topological polar surface area (TPSA) is 24.9 Å². The minimum absolute atomic E-state index is 0.0520. The van der Waals surface area contributed by atoms with Crippen LogP contribution in [0.15, 0.2) is 29.8 Å². The highest BCUT2D eigenvalue weighted by Crippen LogP contribution is 2.33. The van der Waals surface area contributed by atoms with Gasteiger partial charge in [-0.1, -0.05) is 32.9 Å². The quantitative estimate of drug-likeness (QED) is 0.899. The van der Waals surface area contributed by atoms with Gasteiger partial charge in [0.1, 0.15) is 5.82 Å². The molecule has 0 fully saturated rings. The van der Waals surface area contributed by atoms with E-state index in [1.165, 1.54) is 17.0 Å². The Morgan fingerprint density at radius 1 is 1.25 bits per heavy atom. The van der Waals surface area contributed by atoms with Crippen molar-refractivity contribution < 1.29 is 4.39 Å². The Kier molecular flexibility index (Phi) is 4.55. The van der Waals surface area contributed by atoms with Crippen molar-refractivity contribution in [2.24, 2.45) is 5.41 Å². The van der Waals surface area contributed by atoms with Gasteiger partial charge < -0.3 is 5.32 Å². The van der Waals surface area contributed by atoms with Gasteiger partial charge in [0, 0.05) is 17.5 Å². The van der Waals surface area contributed by atoms with Crippen molar-refractivity contribution in [3.63, 3.8) is 0 Å². The molecule has 0 bridgehead atoms. The molecular weight excluding hydrogens is 271 g/mol. The molecule has 1 aromatic heterocycles. The van der Waals surface area contributed by atoms with E-state index in [9.17, 15) is 4.39 Å². The lowest BCUT2D eigenvalue weighted by Gasteiger charge is -2.32. The van der Waals surface area contributed by atoms with Crippen LogP contribution in [0.2, 0.25) is 0 Å². The second-order valence-electron chi connectivity index (χ2n) is 6.09. The predicted molar refractivity (Wildman–Crippen MR) is 82.3 cm³/mol. The molecule has 0 saturated heterocycles. The smallest absolute Gasteiger partial charge is 0.123 e. The first-order valence-electron chi connectivity index (χ1n) is 6.76. The first-order valence-corrected chi connectivity index (χ1v) is 7.63. The normalized spacial score (nSPS) is 13.4. The van der Waals surface area contributed by atoms with Gasteiger partial charge in [-0.05, 0) is 30.0 Å². The van der Waals surface area contributed by atoms with E-state index in [1.807, 2.05) is 24.6 Å². The Bertz CT molecular complexity index is 555. The van der Waals surface area contributed by atoms with Gasteiger partial charge in [0.15, 0.2) is 0 Å². The lowest BCUT2D eigenvalue weighted by atomic mass is 9.82. The van der Waals surface area contributed by atoms with Crippen molar-refractivity contribution in [1.82, 2.24) is 10.3 Å². The highest BCUT2D eigenvalue weighted by atomic mass is 32.1. The summed E-state index contributed by atoms with van der Waals surface area (Å²) in [5.41, 5.74) is 4.11. The molecule has 2 rings (SSSR count). The first-order chi connectivity index (χ1) is 9.38. The zero-order valence-electron chi connectivity index (χ0n) is 12.4. The number of thiazole rings is 1. The molecule has 0 aliphatic heterocycles. The Morgan fingerprint density at radius 2 is 1.90 bits per heavy atom. The number of rotatable bonds is 4. The Hall–Kier alpha value is -1.26. The minimum atomic E-state index is -0.195. The lowest BCUT2D eigenvalue weighted by molar-refractivity contribution is 0.271. The monoisotopic (exact) mass is 292 g/mol. The van der Waals surface area contributed by atoms with Crippen molar-refractivity contribution in [2.45, 2.75) is 40.3 Å². The summed E-state index contributed by atoms with van der Waals surface area (Å²) in [6, 6.07) is 6.93. The van der Waals surface area contributed by atoms with Crippen LogP contribution in [-0.2, 0) is 6.54 Å². The third-order valence-electron chi connectivity index (χ3n) is 3.38. The van der Waals surface area contributed by atoms with Gasteiger partial charge in [-0.15, -0.1) is 11.3 Å². The molecule has 1 heterocycles. The number of nitrogens with one attached hydrogen (secondary N) is 1. The summed E-state index contributed by atoms with van der Waals surface area (Å²) < 4.78 is 13.1. The number of hydrogen-bond donors (Lipinski definition) is 1. The maximum atomic E-state index is 13.1. The Morgan fingerprint density at radius 3 is 2.40 bits per heavy atom.